The van der Waals surface area contributed by atoms with Crippen LogP contribution in [0.1, 0.15) is 39.4 Å². The summed E-state index contributed by atoms with van der Waals surface area (Å²) in [5.41, 5.74) is -0.0815. The molecule has 0 amide bonds. The van der Waals surface area contributed by atoms with Gasteiger partial charge in [-0.3, -0.25) is 4.90 Å². The Morgan fingerprint density at radius 1 is 1.41 bits per heavy atom. The molecule has 0 unspecified atom stereocenters. The van der Waals surface area contributed by atoms with Gasteiger partial charge in [0.2, 0.25) is 5.89 Å². The predicted octanol–water partition coefficient (Wildman–Crippen LogP) is 1.59. The molecule has 0 bridgehead atoms. The van der Waals surface area contributed by atoms with Crippen molar-refractivity contribution >= 4 is 0 Å². The molecule has 5 nitrogen and oxygen atoms in total. The molecule has 0 aromatic carbocycles. The molecule has 1 aromatic heterocycles. The van der Waals surface area contributed by atoms with E-state index in [2.05, 4.69) is 42.7 Å². The van der Waals surface area contributed by atoms with Gasteiger partial charge < -0.3 is 9.26 Å². The van der Waals surface area contributed by atoms with Crippen LogP contribution in [-0.2, 0) is 16.7 Å². The smallest absolute Gasteiger partial charge is 0.232 e. The van der Waals surface area contributed by atoms with Gasteiger partial charge in [0, 0.05) is 18.0 Å². The summed E-state index contributed by atoms with van der Waals surface area (Å²) in [5.74, 6) is 1.47. The fourth-order valence-electron chi connectivity index (χ4n) is 1.80. The van der Waals surface area contributed by atoms with Gasteiger partial charge in [0.15, 0.2) is 5.82 Å². The summed E-state index contributed by atoms with van der Waals surface area (Å²) < 4.78 is 10.7. The number of aromatic nitrogens is 2. The lowest BCUT2D eigenvalue weighted by molar-refractivity contribution is -0.00575. The Kier molecular flexibility index (Phi) is 3.49. The van der Waals surface area contributed by atoms with E-state index < -0.39 is 0 Å². The van der Waals surface area contributed by atoms with Crippen molar-refractivity contribution in [2.75, 3.05) is 19.8 Å². The molecule has 1 aliphatic heterocycles. The number of hydrogen-bond acceptors (Lipinski definition) is 5. The average molecular weight is 239 g/mol. The number of nitrogens with zero attached hydrogens (tertiary/aromatic N) is 3. The van der Waals surface area contributed by atoms with Gasteiger partial charge in [-0.25, -0.2) is 0 Å². The molecule has 17 heavy (non-hydrogen) atoms. The first-order valence-corrected chi connectivity index (χ1v) is 6.11. The van der Waals surface area contributed by atoms with Crippen molar-refractivity contribution in [2.45, 2.75) is 45.7 Å². The third-order valence-corrected chi connectivity index (χ3v) is 2.96. The molecule has 0 spiro atoms. The van der Waals surface area contributed by atoms with Crippen LogP contribution in [0.3, 0.4) is 0 Å². The first-order chi connectivity index (χ1) is 7.97. The topological polar surface area (TPSA) is 51.4 Å². The molecule has 0 radical (unpaired) electrons. The van der Waals surface area contributed by atoms with E-state index in [1.165, 1.54) is 0 Å². The molecule has 2 heterocycles. The number of ether oxygens (including phenoxy) is 1. The largest absolute Gasteiger partial charge is 0.379 e. The lowest BCUT2D eigenvalue weighted by Gasteiger charge is -2.31. The van der Waals surface area contributed by atoms with Crippen LogP contribution in [0, 0.1) is 0 Å². The zero-order chi connectivity index (χ0) is 12.5. The van der Waals surface area contributed by atoms with Gasteiger partial charge in [0.25, 0.3) is 0 Å². The number of hydrogen-bond donors (Lipinski definition) is 0. The minimum atomic E-state index is -0.0815. The third-order valence-electron chi connectivity index (χ3n) is 2.96. The maximum atomic E-state index is 5.40. The molecule has 2 rings (SSSR count). The van der Waals surface area contributed by atoms with Crippen molar-refractivity contribution in [3.8, 4) is 0 Å². The van der Waals surface area contributed by atoms with Crippen molar-refractivity contribution in [3.05, 3.63) is 11.7 Å². The summed E-state index contributed by atoms with van der Waals surface area (Å²) in [7, 11) is 0. The van der Waals surface area contributed by atoms with Crippen molar-refractivity contribution < 1.29 is 9.26 Å². The van der Waals surface area contributed by atoms with Crippen LogP contribution < -0.4 is 0 Å². The molecule has 1 aliphatic rings. The van der Waals surface area contributed by atoms with Crippen LogP contribution in [0.15, 0.2) is 4.52 Å². The molecule has 1 atom stereocenters. The second-order valence-electron chi connectivity index (χ2n) is 5.66. The molecule has 0 saturated carbocycles. The molecule has 1 saturated heterocycles. The fourth-order valence-corrected chi connectivity index (χ4v) is 1.80. The SMILES string of the molecule is C[C@@H]1COCCN1Cc1noc(C(C)(C)C)n1. The highest BCUT2D eigenvalue weighted by Gasteiger charge is 2.24. The maximum absolute atomic E-state index is 5.40. The monoisotopic (exact) mass is 239 g/mol. The quantitative estimate of drug-likeness (QED) is 0.784. The van der Waals surface area contributed by atoms with Crippen LogP contribution >= 0.6 is 0 Å². The Balaban J connectivity index is 2.01. The second-order valence-corrected chi connectivity index (χ2v) is 5.66. The lowest BCUT2D eigenvalue weighted by Crippen LogP contribution is -2.43. The molecule has 5 heteroatoms. The first kappa shape index (κ1) is 12.5. The third kappa shape index (κ3) is 3.04. The minimum Gasteiger partial charge on any atom is -0.379 e. The lowest BCUT2D eigenvalue weighted by atomic mass is 9.97. The van der Waals surface area contributed by atoms with Gasteiger partial charge in [0.1, 0.15) is 0 Å². The van der Waals surface area contributed by atoms with E-state index in [4.69, 9.17) is 9.26 Å². The van der Waals surface area contributed by atoms with Crippen LogP contribution in [0.4, 0.5) is 0 Å². The zero-order valence-electron chi connectivity index (χ0n) is 11.1. The van der Waals surface area contributed by atoms with Crippen LogP contribution in [0.2, 0.25) is 0 Å². The van der Waals surface area contributed by atoms with Crippen LogP contribution in [-0.4, -0.2) is 40.8 Å². The average Bonchev–Trinajstić information content (AvgIpc) is 2.69. The molecule has 96 valence electrons. The fraction of sp³-hybridized carbons (Fsp3) is 0.833. The summed E-state index contributed by atoms with van der Waals surface area (Å²) in [4.78, 5) is 6.77. The van der Waals surface area contributed by atoms with Crippen molar-refractivity contribution in [1.29, 1.82) is 0 Å². The van der Waals surface area contributed by atoms with Gasteiger partial charge in [0.05, 0.1) is 19.8 Å². The highest BCUT2D eigenvalue weighted by atomic mass is 16.5. The van der Waals surface area contributed by atoms with E-state index >= 15 is 0 Å². The number of rotatable bonds is 2. The van der Waals surface area contributed by atoms with Gasteiger partial charge in [-0.15, -0.1) is 0 Å². The molecular formula is C12H21N3O2. The summed E-state index contributed by atoms with van der Waals surface area (Å²) >= 11 is 0. The summed E-state index contributed by atoms with van der Waals surface area (Å²) in [6.07, 6.45) is 0. The summed E-state index contributed by atoms with van der Waals surface area (Å²) in [6, 6.07) is 0.417. The van der Waals surface area contributed by atoms with E-state index in [0.29, 0.717) is 11.9 Å². The van der Waals surface area contributed by atoms with E-state index in [1.807, 2.05) is 0 Å². The van der Waals surface area contributed by atoms with Gasteiger partial charge in [-0.2, -0.15) is 4.98 Å². The van der Waals surface area contributed by atoms with Crippen molar-refractivity contribution in [2.24, 2.45) is 0 Å². The summed E-state index contributed by atoms with van der Waals surface area (Å²) in [5, 5.41) is 4.04. The molecule has 0 N–H and O–H groups in total. The van der Waals surface area contributed by atoms with Crippen molar-refractivity contribution in [3.63, 3.8) is 0 Å². The van der Waals surface area contributed by atoms with Gasteiger partial charge >= 0.3 is 0 Å². The predicted molar refractivity (Wildman–Crippen MR) is 63.7 cm³/mol. The van der Waals surface area contributed by atoms with Gasteiger partial charge in [-0.1, -0.05) is 25.9 Å². The highest BCUT2D eigenvalue weighted by molar-refractivity contribution is 4.98. The van der Waals surface area contributed by atoms with E-state index in [-0.39, 0.29) is 5.41 Å². The van der Waals surface area contributed by atoms with Crippen LogP contribution in [0.25, 0.3) is 0 Å². The van der Waals surface area contributed by atoms with E-state index in [1.54, 1.807) is 0 Å². The second kappa shape index (κ2) is 4.74. The standard InChI is InChI=1S/C12H21N3O2/c1-9-8-16-6-5-15(9)7-10-13-11(17-14-10)12(2,3)4/h9H,5-8H2,1-4H3/t9-/m1/s1. The maximum Gasteiger partial charge on any atom is 0.232 e. The Bertz CT molecular complexity index is 370. The molecule has 1 aromatic rings. The number of morpholine rings is 1. The Hall–Kier alpha value is -0.940. The Labute approximate surface area is 102 Å². The van der Waals surface area contributed by atoms with Gasteiger partial charge in [-0.05, 0) is 6.92 Å². The Morgan fingerprint density at radius 2 is 2.18 bits per heavy atom. The molecule has 1 fully saturated rings. The van der Waals surface area contributed by atoms with Crippen LogP contribution in [0.5, 0.6) is 0 Å². The zero-order valence-corrected chi connectivity index (χ0v) is 11.1. The highest BCUT2D eigenvalue weighted by Crippen LogP contribution is 2.20. The molecular weight excluding hydrogens is 218 g/mol. The summed E-state index contributed by atoms with van der Waals surface area (Å²) in [6.45, 7) is 11.6. The normalized spacial score (nSPS) is 22.9. The van der Waals surface area contributed by atoms with Crippen molar-refractivity contribution in [1.82, 2.24) is 15.0 Å². The first-order valence-electron chi connectivity index (χ1n) is 6.11. The molecule has 0 aliphatic carbocycles. The van der Waals surface area contributed by atoms with E-state index in [0.717, 1.165) is 32.1 Å². The van der Waals surface area contributed by atoms with E-state index in [9.17, 15) is 0 Å². The minimum absolute atomic E-state index is 0.0815. The Morgan fingerprint density at radius 3 is 2.76 bits per heavy atom.